The van der Waals surface area contributed by atoms with Crippen LogP contribution in [0.5, 0.6) is 0 Å². The van der Waals surface area contributed by atoms with Gasteiger partial charge in [-0.05, 0) is 25.1 Å². The van der Waals surface area contributed by atoms with E-state index >= 15 is 0 Å². The van der Waals surface area contributed by atoms with Crippen molar-refractivity contribution in [3.63, 3.8) is 0 Å². The molecule has 0 unspecified atom stereocenters. The molecule has 31 heavy (non-hydrogen) atoms. The zero-order chi connectivity index (χ0) is 22.4. The van der Waals surface area contributed by atoms with Crippen LogP contribution in [-0.4, -0.2) is 43.6 Å². The first-order valence-electron chi connectivity index (χ1n) is 9.57. The first kappa shape index (κ1) is 22.2. The molecule has 3 rings (SSSR count). The van der Waals surface area contributed by atoms with Gasteiger partial charge in [0, 0.05) is 62.2 Å². The van der Waals surface area contributed by atoms with Gasteiger partial charge in [-0.3, -0.25) is 14.6 Å². The summed E-state index contributed by atoms with van der Waals surface area (Å²) in [7, 11) is 0. The number of hydrogen-bond acceptors (Lipinski definition) is 6. The number of likely N-dealkylation sites (N-methyl/N-ethyl adjacent to an activating group) is 1. The summed E-state index contributed by atoms with van der Waals surface area (Å²) in [6.07, 6.45) is -0.946. The van der Waals surface area contributed by atoms with Crippen molar-refractivity contribution in [3.05, 3.63) is 64.7 Å². The lowest BCUT2D eigenvalue weighted by Gasteiger charge is -2.21. The van der Waals surface area contributed by atoms with Crippen LogP contribution in [0, 0.1) is 0 Å². The Morgan fingerprint density at radius 3 is 2.68 bits per heavy atom. The fourth-order valence-electron chi connectivity index (χ4n) is 2.92. The molecule has 0 spiro atoms. The number of pyridine rings is 2. The zero-order valence-corrected chi connectivity index (χ0v) is 16.7. The highest BCUT2D eigenvalue weighted by Crippen LogP contribution is 2.29. The van der Waals surface area contributed by atoms with E-state index in [-0.39, 0.29) is 30.3 Å². The molecule has 3 heterocycles. The predicted molar refractivity (Wildman–Crippen MR) is 104 cm³/mol. The number of alkyl halides is 3. The van der Waals surface area contributed by atoms with E-state index in [1.165, 1.54) is 16.8 Å². The van der Waals surface area contributed by atoms with Crippen LogP contribution >= 0.6 is 0 Å². The second-order valence-corrected chi connectivity index (χ2v) is 6.66. The van der Waals surface area contributed by atoms with Crippen molar-refractivity contribution < 1.29 is 22.5 Å². The van der Waals surface area contributed by atoms with E-state index in [2.05, 4.69) is 19.6 Å². The molecule has 0 aromatic carbocycles. The Kier molecular flexibility index (Phi) is 6.83. The number of aromatic nitrogens is 4. The van der Waals surface area contributed by atoms with Crippen LogP contribution in [0.25, 0.3) is 11.4 Å². The van der Waals surface area contributed by atoms with Gasteiger partial charge in [0.1, 0.15) is 0 Å². The predicted octanol–water partition coefficient (Wildman–Crippen LogP) is 2.79. The Morgan fingerprint density at radius 1 is 1.26 bits per heavy atom. The van der Waals surface area contributed by atoms with Crippen LogP contribution in [-0.2, 0) is 23.9 Å². The SMILES string of the molecule is CCN(CCc1ccccn1)C(=O)CCn1ccc(-c2noc(C(F)(F)F)n2)cc1=O. The van der Waals surface area contributed by atoms with E-state index in [1.54, 1.807) is 11.1 Å². The van der Waals surface area contributed by atoms with Gasteiger partial charge in [-0.25, -0.2) is 0 Å². The monoisotopic (exact) mass is 435 g/mol. The van der Waals surface area contributed by atoms with Crippen molar-refractivity contribution >= 4 is 5.91 Å². The Balaban J connectivity index is 1.60. The summed E-state index contributed by atoms with van der Waals surface area (Å²) < 4.78 is 43.2. The molecule has 0 aliphatic rings. The van der Waals surface area contributed by atoms with Crippen molar-refractivity contribution in [2.45, 2.75) is 32.5 Å². The van der Waals surface area contributed by atoms with E-state index in [9.17, 15) is 22.8 Å². The number of nitrogens with zero attached hydrogens (tertiary/aromatic N) is 5. The van der Waals surface area contributed by atoms with Gasteiger partial charge in [0.15, 0.2) is 0 Å². The van der Waals surface area contributed by atoms with Gasteiger partial charge in [-0.1, -0.05) is 11.2 Å². The molecule has 8 nitrogen and oxygen atoms in total. The third kappa shape index (κ3) is 5.77. The normalized spacial score (nSPS) is 11.5. The minimum atomic E-state index is -4.76. The van der Waals surface area contributed by atoms with Crippen molar-refractivity contribution in [2.75, 3.05) is 13.1 Å². The number of halogens is 3. The first-order chi connectivity index (χ1) is 14.8. The summed E-state index contributed by atoms with van der Waals surface area (Å²) in [6.45, 7) is 3.05. The summed E-state index contributed by atoms with van der Waals surface area (Å²) in [4.78, 5) is 34.0. The second-order valence-electron chi connectivity index (χ2n) is 6.66. The average molecular weight is 435 g/mol. The summed E-state index contributed by atoms with van der Waals surface area (Å²) in [5, 5.41) is 3.26. The maximum absolute atomic E-state index is 12.6. The van der Waals surface area contributed by atoms with Gasteiger partial charge in [0.05, 0.1) is 0 Å². The Morgan fingerprint density at radius 2 is 2.06 bits per heavy atom. The quantitative estimate of drug-likeness (QED) is 0.540. The van der Waals surface area contributed by atoms with Crippen LogP contribution in [0.2, 0.25) is 0 Å². The van der Waals surface area contributed by atoms with Crippen LogP contribution in [0.4, 0.5) is 13.2 Å². The highest BCUT2D eigenvalue weighted by atomic mass is 19.4. The maximum Gasteiger partial charge on any atom is 0.471 e. The lowest BCUT2D eigenvalue weighted by atomic mass is 10.2. The lowest BCUT2D eigenvalue weighted by molar-refractivity contribution is -0.159. The molecule has 3 aromatic heterocycles. The van der Waals surface area contributed by atoms with Gasteiger partial charge < -0.3 is 14.0 Å². The number of hydrogen-bond donors (Lipinski definition) is 0. The van der Waals surface area contributed by atoms with Crippen LogP contribution in [0.1, 0.15) is 24.9 Å². The van der Waals surface area contributed by atoms with E-state index < -0.39 is 17.6 Å². The van der Waals surface area contributed by atoms with E-state index in [1.807, 2.05) is 25.1 Å². The minimum Gasteiger partial charge on any atom is -0.343 e. The molecule has 164 valence electrons. The van der Waals surface area contributed by atoms with Crippen LogP contribution in [0.15, 0.2) is 52.0 Å². The molecule has 0 bridgehead atoms. The molecule has 0 saturated carbocycles. The maximum atomic E-state index is 12.6. The molecular formula is C20H20F3N5O3. The van der Waals surface area contributed by atoms with E-state index in [0.717, 1.165) is 11.8 Å². The molecule has 0 fully saturated rings. The second kappa shape index (κ2) is 9.54. The molecule has 1 amide bonds. The lowest BCUT2D eigenvalue weighted by Crippen LogP contribution is -2.34. The standard InChI is InChI=1S/C20H20F3N5O3/c1-2-27(11-7-15-5-3-4-9-24-15)16(29)8-12-28-10-6-14(13-17(28)30)18-25-19(31-26-18)20(21,22)23/h3-6,9-10,13H,2,7-8,11-12H2,1H3. The minimum absolute atomic E-state index is 0.0948. The zero-order valence-electron chi connectivity index (χ0n) is 16.7. The van der Waals surface area contributed by atoms with Crippen molar-refractivity contribution in [1.29, 1.82) is 0 Å². The Hall–Kier alpha value is -3.50. The van der Waals surface area contributed by atoms with Gasteiger partial charge in [0.25, 0.3) is 5.56 Å². The fourth-order valence-corrected chi connectivity index (χ4v) is 2.92. The number of carbonyl (C=O) groups is 1. The molecular weight excluding hydrogens is 415 g/mol. The van der Waals surface area contributed by atoms with Crippen molar-refractivity contribution in [2.24, 2.45) is 0 Å². The number of aryl methyl sites for hydroxylation is 1. The van der Waals surface area contributed by atoms with E-state index in [0.29, 0.717) is 19.5 Å². The first-order valence-corrected chi connectivity index (χ1v) is 9.57. The molecule has 11 heteroatoms. The van der Waals surface area contributed by atoms with Crippen LogP contribution in [0.3, 0.4) is 0 Å². The number of rotatable bonds is 8. The largest absolute Gasteiger partial charge is 0.471 e. The Labute approximate surface area is 175 Å². The summed E-state index contributed by atoms with van der Waals surface area (Å²) in [6, 6.07) is 8.10. The third-order valence-electron chi connectivity index (χ3n) is 4.59. The van der Waals surface area contributed by atoms with Gasteiger partial charge in [-0.2, -0.15) is 18.2 Å². The van der Waals surface area contributed by atoms with Crippen LogP contribution < -0.4 is 5.56 Å². The molecule has 0 N–H and O–H groups in total. The average Bonchev–Trinajstić information content (AvgIpc) is 3.25. The number of amides is 1. The molecule has 0 atom stereocenters. The molecule has 0 aliphatic carbocycles. The highest BCUT2D eigenvalue weighted by Gasteiger charge is 2.38. The summed E-state index contributed by atoms with van der Waals surface area (Å²) >= 11 is 0. The van der Waals surface area contributed by atoms with Gasteiger partial charge >= 0.3 is 12.1 Å². The van der Waals surface area contributed by atoms with Crippen molar-refractivity contribution in [1.82, 2.24) is 24.6 Å². The molecule has 0 aliphatic heterocycles. The molecule has 3 aromatic rings. The highest BCUT2D eigenvalue weighted by molar-refractivity contribution is 5.76. The molecule has 0 saturated heterocycles. The number of carbonyl (C=O) groups excluding carboxylic acids is 1. The smallest absolute Gasteiger partial charge is 0.343 e. The topological polar surface area (TPSA) is 94.1 Å². The fraction of sp³-hybridized carbons (Fsp3) is 0.350. The van der Waals surface area contributed by atoms with Crippen molar-refractivity contribution in [3.8, 4) is 11.4 Å². The van der Waals surface area contributed by atoms with E-state index in [4.69, 9.17) is 0 Å². The van der Waals surface area contributed by atoms with Gasteiger partial charge in [-0.15, -0.1) is 0 Å². The Bertz CT molecular complexity index is 1080. The molecule has 0 radical (unpaired) electrons. The third-order valence-corrected chi connectivity index (χ3v) is 4.59. The summed E-state index contributed by atoms with van der Waals surface area (Å²) in [5.41, 5.74) is 0.494. The van der Waals surface area contributed by atoms with Gasteiger partial charge in [0.2, 0.25) is 11.7 Å². The summed E-state index contributed by atoms with van der Waals surface area (Å²) in [5.74, 6) is -1.93.